The summed E-state index contributed by atoms with van der Waals surface area (Å²) in [6.45, 7) is 10.4. The Hall–Kier alpha value is -0.120. The molecule has 3 nitrogen and oxygen atoms in total. The first kappa shape index (κ1) is 14.4. The maximum absolute atomic E-state index is 8.56. The summed E-state index contributed by atoms with van der Waals surface area (Å²) < 4.78 is 9.68. The van der Waals surface area contributed by atoms with Crippen LogP contribution in [0.1, 0.15) is 27.7 Å². The summed E-state index contributed by atoms with van der Waals surface area (Å²) in [4.78, 5) is 0. The summed E-state index contributed by atoms with van der Waals surface area (Å²) >= 11 is 0. The summed E-state index contributed by atoms with van der Waals surface area (Å²) in [5.41, 5.74) is 0. The highest BCUT2D eigenvalue weighted by Gasteiger charge is 1.90. The van der Waals surface area contributed by atoms with Crippen LogP contribution in [-0.2, 0) is 9.47 Å². The van der Waals surface area contributed by atoms with E-state index in [0.29, 0.717) is 13.2 Å². The molecule has 0 spiro atoms. The fourth-order valence-corrected chi connectivity index (χ4v) is 0.493. The van der Waals surface area contributed by atoms with Gasteiger partial charge in [-0.05, 0) is 27.7 Å². The van der Waals surface area contributed by atoms with Crippen molar-refractivity contribution in [2.75, 3.05) is 26.4 Å². The van der Waals surface area contributed by atoms with Gasteiger partial charge in [-0.1, -0.05) is 0 Å². The molecule has 0 aromatic heterocycles. The van der Waals surface area contributed by atoms with E-state index >= 15 is 0 Å². The number of aliphatic hydroxyl groups is 1. The van der Waals surface area contributed by atoms with Crippen molar-refractivity contribution < 1.29 is 14.6 Å². The molecule has 0 bridgehead atoms. The van der Waals surface area contributed by atoms with Gasteiger partial charge in [0.2, 0.25) is 0 Å². The average molecular weight is 178 g/mol. The van der Waals surface area contributed by atoms with E-state index in [1.165, 1.54) is 0 Å². The van der Waals surface area contributed by atoms with Crippen LogP contribution in [-0.4, -0.2) is 37.6 Å². The van der Waals surface area contributed by atoms with Gasteiger partial charge >= 0.3 is 0 Å². The first-order valence-corrected chi connectivity index (χ1v) is 4.52. The Bertz CT molecular complexity index is 62.8. The number of hydrogen-bond donors (Lipinski definition) is 1. The van der Waals surface area contributed by atoms with Crippen molar-refractivity contribution in [3.8, 4) is 0 Å². The van der Waals surface area contributed by atoms with E-state index in [4.69, 9.17) is 14.6 Å². The molecule has 0 saturated heterocycles. The van der Waals surface area contributed by atoms with Gasteiger partial charge in [0.25, 0.3) is 0 Å². The van der Waals surface area contributed by atoms with Crippen LogP contribution in [0.5, 0.6) is 0 Å². The molecule has 0 aromatic carbocycles. The minimum Gasteiger partial charge on any atom is -0.391 e. The molecule has 0 aliphatic heterocycles. The average Bonchev–Trinajstić information content (AvgIpc) is 2.03. The Balaban J connectivity index is 0. The van der Waals surface area contributed by atoms with E-state index in [1.807, 2.05) is 20.8 Å². The van der Waals surface area contributed by atoms with E-state index in [1.54, 1.807) is 6.92 Å². The lowest BCUT2D eigenvalue weighted by molar-refractivity contribution is 0.0527. The normalized spacial score (nSPS) is 11.8. The molecule has 3 heteroatoms. The van der Waals surface area contributed by atoms with E-state index in [0.717, 1.165) is 13.2 Å². The van der Waals surface area contributed by atoms with Crippen LogP contribution in [0, 0.1) is 0 Å². The third-order valence-corrected chi connectivity index (χ3v) is 0.971. The van der Waals surface area contributed by atoms with Gasteiger partial charge in [0, 0.05) is 19.8 Å². The van der Waals surface area contributed by atoms with Gasteiger partial charge in [0.05, 0.1) is 12.7 Å². The number of hydrogen-bond acceptors (Lipinski definition) is 3. The highest BCUT2D eigenvalue weighted by molar-refractivity contribution is 4.38. The van der Waals surface area contributed by atoms with E-state index < -0.39 is 0 Å². The molecule has 76 valence electrons. The maximum atomic E-state index is 8.56. The molecule has 1 unspecified atom stereocenters. The summed E-state index contributed by atoms with van der Waals surface area (Å²) in [6, 6.07) is 0. The van der Waals surface area contributed by atoms with Crippen molar-refractivity contribution in [1.29, 1.82) is 0 Å². The quantitative estimate of drug-likeness (QED) is 0.692. The van der Waals surface area contributed by atoms with Gasteiger partial charge in [-0.15, -0.1) is 0 Å². The highest BCUT2D eigenvalue weighted by Crippen LogP contribution is 1.79. The van der Waals surface area contributed by atoms with Crippen LogP contribution >= 0.6 is 0 Å². The predicted molar refractivity (Wildman–Crippen MR) is 50.3 cm³/mol. The largest absolute Gasteiger partial charge is 0.391 e. The van der Waals surface area contributed by atoms with Crippen molar-refractivity contribution in [2.45, 2.75) is 33.8 Å². The molecule has 1 atom stereocenters. The zero-order chi connectivity index (χ0) is 9.82. The third kappa shape index (κ3) is 22.5. The van der Waals surface area contributed by atoms with Gasteiger partial charge in [0.1, 0.15) is 0 Å². The van der Waals surface area contributed by atoms with Crippen LogP contribution in [0.25, 0.3) is 0 Å². The van der Waals surface area contributed by atoms with Crippen LogP contribution in [0.15, 0.2) is 0 Å². The molecule has 0 aromatic rings. The molecule has 12 heavy (non-hydrogen) atoms. The topological polar surface area (TPSA) is 38.7 Å². The minimum atomic E-state index is -0.319. The van der Waals surface area contributed by atoms with Crippen LogP contribution < -0.4 is 0 Å². The Morgan fingerprint density at radius 3 is 1.50 bits per heavy atom. The molecule has 0 saturated carbocycles. The van der Waals surface area contributed by atoms with Gasteiger partial charge in [-0.2, -0.15) is 0 Å². The Kier molecular flexibility index (Phi) is 16.2. The van der Waals surface area contributed by atoms with E-state index in [9.17, 15) is 0 Å². The predicted octanol–water partition coefficient (Wildman–Crippen LogP) is 1.45. The molecule has 0 radical (unpaired) electrons. The molecule has 0 amide bonds. The van der Waals surface area contributed by atoms with Crippen LogP contribution in [0.2, 0.25) is 0 Å². The Morgan fingerprint density at radius 1 is 1.00 bits per heavy atom. The maximum Gasteiger partial charge on any atom is 0.0745 e. The lowest BCUT2D eigenvalue weighted by Gasteiger charge is -2.00. The molecule has 0 aliphatic carbocycles. The molecular formula is C9H22O3. The van der Waals surface area contributed by atoms with Crippen molar-refractivity contribution in [3.63, 3.8) is 0 Å². The zero-order valence-corrected chi connectivity index (χ0v) is 8.67. The van der Waals surface area contributed by atoms with Gasteiger partial charge < -0.3 is 14.6 Å². The Labute approximate surface area is 75.7 Å². The number of aliphatic hydroxyl groups excluding tert-OH is 1. The smallest absolute Gasteiger partial charge is 0.0745 e. The monoisotopic (exact) mass is 178 g/mol. The summed E-state index contributed by atoms with van der Waals surface area (Å²) in [5.74, 6) is 0. The van der Waals surface area contributed by atoms with E-state index in [-0.39, 0.29) is 6.10 Å². The Morgan fingerprint density at radius 2 is 1.42 bits per heavy atom. The second kappa shape index (κ2) is 13.5. The molecule has 0 fully saturated rings. The summed E-state index contributed by atoms with van der Waals surface area (Å²) in [6.07, 6.45) is -0.319. The minimum absolute atomic E-state index is 0.319. The van der Waals surface area contributed by atoms with Crippen LogP contribution in [0.4, 0.5) is 0 Å². The SMILES string of the molecule is CCOCC.CCOCC(C)O. The number of rotatable bonds is 5. The first-order chi connectivity index (χ1) is 5.68. The van der Waals surface area contributed by atoms with Crippen molar-refractivity contribution in [3.05, 3.63) is 0 Å². The highest BCUT2D eigenvalue weighted by atomic mass is 16.5. The molecular weight excluding hydrogens is 156 g/mol. The fraction of sp³-hybridized carbons (Fsp3) is 1.00. The van der Waals surface area contributed by atoms with Crippen molar-refractivity contribution in [1.82, 2.24) is 0 Å². The number of ether oxygens (including phenoxy) is 2. The molecule has 0 rings (SSSR count). The molecule has 1 N–H and O–H groups in total. The standard InChI is InChI=1S/C5H12O2.C4H10O/c1-3-7-4-5(2)6;1-3-5-4-2/h5-6H,3-4H2,1-2H3;3-4H2,1-2H3. The van der Waals surface area contributed by atoms with Crippen LogP contribution in [0.3, 0.4) is 0 Å². The van der Waals surface area contributed by atoms with Crippen molar-refractivity contribution in [2.24, 2.45) is 0 Å². The molecule has 0 aliphatic rings. The molecule has 0 heterocycles. The third-order valence-electron chi connectivity index (χ3n) is 0.971. The zero-order valence-electron chi connectivity index (χ0n) is 8.67. The first-order valence-electron chi connectivity index (χ1n) is 4.52. The van der Waals surface area contributed by atoms with Crippen molar-refractivity contribution >= 4 is 0 Å². The van der Waals surface area contributed by atoms with E-state index in [2.05, 4.69) is 0 Å². The summed E-state index contributed by atoms with van der Waals surface area (Å²) in [5, 5.41) is 8.56. The lowest BCUT2D eigenvalue weighted by Crippen LogP contribution is -2.09. The fourth-order valence-electron chi connectivity index (χ4n) is 0.493. The second-order valence-corrected chi connectivity index (χ2v) is 2.29. The van der Waals surface area contributed by atoms with Gasteiger partial charge in [-0.3, -0.25) is 0 Å². The van der Waals surface area contributed by atoms with Gasteiger partial charge in [0.15, 0.2) is 0 Å². The second-order valence-electron chi connectivity index (χ2n) is 2.29. The van der Waals surface area contributed by atoms with Gasteiger partial charge in [-0.25, -0.2) is 0 Å². The lowest BCUT2D eigenvalue weighted by atomic mass is 10.4. The summed E-state index contributed by atoms with van der Waals surface area (Å²) in [7, 11) is 0.